The van der Waals surface area contributed by atoms with E-state index in [-0.39, 0.29) is 12.3 Å². The number of hydrogen-bond acceptors (Lipinski definition) is 2. The standard InChI is InChI=1S/C12H15F2NO/c1-2-16-12-4-3-9(6-11(12)14)5-10(7-13)8-15/h3-4,6-7H,2,5,8,15H2,1H3. The highest BCUT2D eigenvalue weighted by molar-refractivity contribution is 5.31. The number of halogens is 2. The summed E-state index contributed by atoms with van der Waals surface area (Å²) in [4.78, 5) is 0. The second-order valence-electron chi connectivity index (χ2n) is 3.35. The highest BCUT2D eigenvalue weighted by Crippen LogP contribution is 2.19. The Morgan fingerprint density at radius 1 is 1.50 bits per heavy atom. The van der Waals surface area contributed by atoms with Crippen molar-refractivity contribution in [2.45, 2.75) is 13.3 Å². The largest absolute Gasteiger partial charge is 0.491 e. The number of rotatable bonds is 5. The maximum absolute atomic E-state index is 13.4. The molecule has 1 rings (SSSR count). The maximum atomic E-state index is 13.4. The van der Waals surface area contributed by atoms with E-state index in [4.69, 9.17) is 10.5 Å². The molecule has 1 aromatic rings. The molecule has 88 valence electrons. The molecule has 0 aromatic heterocycles. The molecule has 0 fully saturated rings. The highest BCUT2D eigenvalue weighted by atomic mass is 19.1. The normalized spacial score (nSPS) is 11.6. The monoisotopic (exact) mass is 227 g/mol. The van der Waals surface area contributed by atoms with Crippen molar-refractivity contribution in [3.05, 3.63) is 41.5 Å². The van der Waals surface area contributed by atoms with E-state index in [2.05, 4.69) is 0 Å². The van der Waals surface area contributed by atoms with E-state index in [9.17, 15) is 8.78 Å². The Kier molecular flexibility index (Phi) is 4.92. The van der Waals surface area contributed by atoms with Gasteiger partial charge in [-0.05, 0) is 36.6 Å². The predicted octanol–water partition coefficient (Wildman–Crippen LogP) is 2.58. The van der Waals surface area contributed by atoms with Crippen LogP contribution in [0.25, 0.3) is 0 Å². The van der Waals surface area contributed by atoms with E-state index in [0.29, 0.717) is 30.5 Å². The third-order valence-electron chi connectivity index (χ3n) is 2.14. The molecular weight excluding hydrogens is 212 g/mol. The average Bonchev–Trinajstić information content (AvgIpc) is 2.29. The SMILES string of the molecule is CCOc1ccc(CC(=CF)CN)cc1F. The van der Waals surface area contributed by atoms with Gasteiger partial charge in [-0.25, -0.2) is 8.78 Å². The van der Waals surface area contributed by atoms with E-state index in [1.165, 1.54) is 6.07 Å². The molecular formula is C12H15F2NO. The lowest BCUT2D eigenvalue weighted by atomic mass is 10.1. The Morgan fingerprint density at radius 2 is 2.25 bits per heavy atom. The summed E-state index contributed by atoms with van der Waals surface area (Å²) in [7, 11) is 0. The van der Waals surface area contributed by atoms with E-state index in [0.717, 1.165) is 0 Å². The minimum atomic E-state index is -0.436. The van der Waals surface area contributed by atoms with Crippen molar-refractivity contribution in [3.8, 4) is 5.75 Å². The average molecular weight is 227 g/mol. The zero-order valence-electron chi connectivity index (χ0n) is 9.17. The minimum absolute atomic E-state index is 0.130. The van der Waals surface area contributed by atoms with Crippen molar-refractivity contribution < 1.29 is 13.5 Å². The Bertz CT molecular complexity index is 377. The van der Waals surface area contributed by atoms with Gasteiger partial charge in [-0.15, -0.1) is 0 Å². The van der Waals surface area contributed by atoms with Crippen LogP contribution in [0.2, 0.25) is 0 Å². The van der Waals surface area contributed by atoms with Crippen LogP contribution in [0, 0.1) is 5.82 Å². The summed E-state index contributed by atoms with van der Waals surface area (Å²) in [5.41, 5.74) is 6.43. The van der Waals surface area contributed by atoms with Gasteiger partial charge >= 0.3 is 0 Å². The lowest BCUT2D eigenvalue weighted by Gasteiger charge is -2.07. The summed E-state index contributed by atoms with van der Waals surface area (Å²) < 4.78 is 30.8. The Morgan fingerprint density at radius 3 is 2.75 bits per heavy atom. The van der Waals surface area contributed by atoms with Crippen molar-refractivity contribution in [2.24, 2.45) is 5.73 Å². The van der Waals surface area contributed by atoms with Gasteiger partial charge in [0.1, 0.15) is 0 Å². The molecule has 0 unspecified atom stereocenters. The van der Waals surface area contributed by atoms with Gasteiger partial charge in [-0.2, -0.15) is 0 Å². The molecule has 0 saturated carbocycles. The summed E-state index contributed by atoms with van der Waals surface area (Å²) in [5, 5.41) is 0. The summed E-state index contributed by atoms with van der Waals surface area (Å²) in [6, 6.07) is 4.58. The molecule has 0 aliphatic carbocycles. The fourth-order valence-corrected chi connectivity index (χ4v) is 1.34. The van der Waals surface area contributed by atoms with Gasteiger partial charge < -0.3 is 10.5 Å². The number of ether oxygens (including phenoxy) is 1. The molecule has 0 aliphatic rings. The van der Waals surface area contributed by atoms with Crippen LogP contribution in [-0.4, -0.2) is 13.2 Å². The van der Waals surface area contributed by atoms with Gasteiger partial charge in [0, 0.05) is 6.54 Å². The molecule has 0 radical (unpaired) electrons. The van der Waals surface area contributed by atoms with E-state index in [1.807, 2.05) is 0 Å². The molecule has 0 amide bonds. The van der Waals surface area contributed by atoms with Gasteiger partial charge in [0.15, 0.2) is 11.6 Å². The van der Waals surface area contributed by atoms with Gasteiger partial charge in [0.05, 0.1) is 12.9 Å². The summed E-state index contributed by atoms with van der Waals surface area (Å²) in [6.07, 6.45) is 0.782. The van der Waals surface area contributed by atoms with Gasteiger partial charge in [0.2, 0.25) is 0 Å². The quantitative estimate of drug-likeness (QED) is 0.839. The smallest absolute Gasteiger partial charge is 0.165 e. The zero-order chi connectivity index (χ0) is 12.0. The van der Waals surface area contributed by atoms with Crippen LogP contribution in [-0.2, 0) is 6.42 Å². The lowest BCUT2D eigenvalue weighted by Crippen LogP contribution is -2.05. The third kappa shape index (κ3) is 3.31. The van der Waals surface area contributed by atoms with Crippen molar-refractivity contribution >= 4 is 0 Å². The van der Waals surface area contributed by atoms with Crippen LogP contribution >= 0.6 is 0 Å². The fourth-order valence-electron chi connectivity index (χ4n) is 1.34. The fraction of sp³-hybridized carbons (Fsp3) is 0.333. The Labute approximate surface area is 93.7 Å². The molecule has 0 heterocycles. The second-order valence-corrected chi connectivity index (χ2v) is 3.35. The molecule has 0 aliphatic heterocycles. The Hall–Kier alpha value is -1.42. The molecule has 0 spiro atoms. The molecule has 1 aromatic carbocycles. The summed E-state index contributed by atoms with van der Waals surface area (Å²) >= 11 is 0. The van der Waals surface area contributed by atoms with Crippen molar-refractivity contribution in [2.75, 3.05) is 13.2 Å². The van der Waals surface area contributed by atoms with Crippen molar-refractivity contribution in [1.29, 1.82) is 0 Å². The van der Waals surface area contributed by atoms with Crippen molar-refractivity contribution in [1.82, 2.24) is 0 Å². The van der Waals surface area contributed by atoms with Crippen LogP contribution in [0.5, 0.6) is 5.75 Å². The molecule has 0 saturated heterocycles. The number of benzene rings is 1. The Balaban J connectivity index is 2.80. The first-order chi connectivity index (χ1) is 7.71. The first-order valence-electron chi connectivity index (χ1n) is 5.10. The van der Waals surface area contributed by atoms with Gasteiger partial charge in [-0.1, -0.05) is 6.07 Å². The third-order valence-corrected chi connectivity index (χ3v) is 2.14. The summed E-state index contributed by atoms with van der Waals surface area (Å²) in [5.74, 6) is -0.223. The molecule has 0 atom stereocenters. The minimum Gasteiger partial charge on any atom is -0.491 e. The van der Waals surface area contributed by atoms with Crippen LogP contribution in [0.4, 0.5) is 8.78 Å². The first-order valence-corrected chi connectivity index (χ1v) is 5.10. The van der Waals surface area contributed by atoms with Crippen LogP contribution in [0.3, 0.4) is 0 Å². The maximum Gasteiger partial charge on any atom is 0.165 e. The highest BCUT2D eigenvalue weighted by Gasteiger charge is 2.05. The van der Waals surface area contributed by atoms with Crippen LogP contribution < -0.4 is 10.5 Å². The molecule has 4 heteroatoms. The first kappa shape index (κ1) is 12.6. The van der Waals surface area contributed by atoms with Crippen LogP contribution in [0.1, 0.15) is 12.5 Å². The number of nitrogens with two attached hydrogens (primary N) is 1. The molecule has 2 N–H and O–H groups in total. The van der Waals surface area contributed by atoms with Crippen molar-refractivity contribution in [3.63, 3.8) is 0 Å². The van der Waals surface area contributed by atoms with E-state index < -0.39 is 5.82 Å². The zero-order valence-corrected chi connectivity index (χ0v) is 9.17. The summed E-state index contributed by atoms with van der Waals surface area (Å²) in [6.45, 7) is 2.33. The predicted molar refractivity (Wildman–Crippen MR) is 59.5 cm³/mol. The molecule has 0 bridgehead atoms. The lowest BCUT2D eigenvalue weighted by molar-refractivity contribution is 0.321. The van der Waals surface area contributed by atoms with Gasteiger partial charge in [-0.3, -0.25) is 0 Å². The second kappa shape index (κ2) is 6.23. The van der Waals surface area contributed by atoms with Gasteiger partial charge in [0.25, 0.3) is 0 Å². The molecule has 16 heavy (non-hydrogen) atoms. The van der Waals surface area contributed by atoms with E-state index >= 15 is 0 Å². The number of hydrogen-bond donors (Lipinski definition) is 1. The van der Waals surface area contributed by atoms with E-state index in [1.54, 1.807) is 19.1 Å². The molecule has 2 nitrogen and oxygen atoms in total. The topological polar surface area (TPSA) is 35.2 Å². The van der Waals surface area contributed by atoms with Crippen LogP contribution in [0.15, 0.2) is 30.1 Å².